The fourth-order valence-electron chi connectivity index (χ4n) is 2.31. The molecule has 0 radical (unpaired) electrons. The summed E-state index contributed by atoms with van der Waals surface area (Å²) in [6.45, 7) is 3.90. The summed E-state index contributed by atoms with van der Waals surface area (Å²) in [6, 6.07) is 0. The lowest BCUT2D eigenvalue weighted by Gasteiger charge is -2.24. The van der Waals surface area contributed by atoms with Crippen LogP contribution >= 0.6 is 23.2 Å². The van der Waals surface area contributed by atoms with Gasteiger partial charge in [-0.3, -0.25) is 9.69 Å². The number of carboxylic acids is 1. The lowest BCUT2D eigenvalue weighted by Crippen LogP contribution is -2.34. The van der Waals surface area contributed by atoms with Gasteiger partial charge in [-0.15, -0.1) is 0 Å². The van der Waals surface area contributed by atoms with Crippen molar-refractivity contribution in [2.45, 2.75) is 26.2 Å². The summed E-state index contributed by atoms with van der Waals surface area (Å²) >= 11 is 11.3. The van der Waals surface area contributed by atoms with Crippen molar-refractivity contribution in [2.24, 2.45) is 5.41 Å². The van der Waals surface area contributed by atoms with Crippen molar-refractivity contribution in [3.05, 3.63) is 10.6 Å². The van der Waals surface area contributed by atoms with E-state index in [1.807, 2.05) is 11.8 Å². The Morgan fingerprint density at radius 3 is 2.81 bits per heavy atom. The highest BCUT2D eigenvalue weighted by atomic mass is 35.5. The van der Waals surface area contributed by atoms with E-state index in [2.05, 4.69) is 0 Å². The number of hydrogen-bond donors (Lipinski definition) is 1. The molecule has 1 unspecified atom stereocenters. The number of hydrogen-bond acceptors (Lipinski definition) is 2. The van der Waals surface area contributed by atoms with E-state index in [1.165, 1.54) is 5.54 Å². The largest absolute Gasteiger partial charge is 0.481 e. The molecule has 0 aromatic carbocycles. The summed E-state index contributed by atoms with van der Waals surface area (Å²) in [5, 5.41) is 9.86. The average Bonchev–Trinajstić information content (AvgIpc) is 2.63. The monoisotopic (exact) mass is 265 g/mol. The van der Waals surface area contributed by atoms with Gasteiger partial charge in [-0.05, 0) is 19.4 Å². The van der Waals surface area contributed by atoms with Crippen molar-refractivity contribution in [1.82, 2.24) is 4.90 Å². The maximum atomic E-state index is 11.3. The first-order chi connectivity index (χ1) is 7.54. The topological polar surface area (TPSA) is 40.5 Å². The molecular formula is C11H17Cl2NO2. The molecular weight excluding hydrogens is 249 g/mol. The third kappa shape index (κ3) is 3.12. The van der Waals surface area contributed by atoms with Crippen LogP contribution in [-0.2, 0) is 4.79 Å². The van der Waals surface area contributed by atoms with E-state index >= 15 is 0 Å². The van der Waals surface area contributed by atoms with Gasteiger partial charge in [-0.25, -0.2) is 0 Å². The van der Waals surface area contributed by atoms with Crippen molar-refractivity contribution >= 4 is 29.2 Å². The molecule has 1 fully saturated rings. The van der Waals surface area contributed by atoms with Crippen LogP contribution in [0.3, 0.4) is 0 Å². The molecule has 1 heterocycles. The Kier molecular flexibility index (Phi) is 5.09. The van der Waals surface area contributed by atoms with Crippen LogP contribution in [0.1, 0.15) is 26.2 Å². The first-order valence-electron chi connectivity index (χ1n) is 5.44. The van der Waals surface area contributed by atoms with Crippen molar-refractivity contribution < 1.29 is 9.90 Å². The molecule has 1 N–H and O–H groups in total. The van der Waals surface area contributed by atoms with Crippen LogP contribution in [0.4, 0.5) is 0 Å². The quantitative estimate of drug-likeness (QED) is 0.831. The van der Waals surface area contributed by atoms with Gasteiger partial charge in [0.1, 0.15) is 0 Å². The Morgan fingerprint density at radius 2 is 2.31 bits per heavy atom. The van der Waals surface area contributed by atoms with E-state index in [9.17, 15) is 9.90 Å². The van der Waals surface area contributed by atoms with Gasteiger partial charge in [-0.1, -0.05) is 36.5 Å². The lowest BCUT2D eigenvalue weighted by molar-refractivity contribution is -0.148. The number of rotatable bonds is 5. The summed E-state index contributed by atoms with van der Waals surface area (Å²) in [7, 11) is 0. The van der Waals surface area contributed by atoms with Gasteiger partial charge in [-0.2, -0.15) is 0 Å². The first kappa shape index (κ1) is 13.8. The Balaban J connectivity index is 2.63. The number of aliphatic carboxylic acids is 1. The molecule has 0 bridgehead atoms. The molecule has 16 heavy (non-hydrogen) atoms. The highest BCUT2D eigenvalue weighted by Crippen LogP contribution is 2.35. The molecule has 3 nitrogen and oxygen atoms in total. The number of halogens is 2. The van der Waals surface area contributed by atoms with Gasteiger partial charge in [0.25, 0.3) is 0 Å². The summed E-state index contributed by atoms with van der Waals surface area (Å²) in [5.41, 5.74) is 0.750. The predicted octanol–water partition coefficient (Wildman–Crippen LogP) is 2.88. The van der Waals surface area contributed by atoms with E-state index in [4.69, 9.17) is 23.2 Å². The normalized spacial score (nSPS) is 27.3. The summed E-state index contributed by atoms with van der Waals surface area (Å²) in [4.78, 5) is 13.4. The van der Waals surface area contributed by atoms with Crippen molar-refractivity contribution in [3.8, 4) is 0 Å². The molecule has 1 aliphatic rings. The van der Waals surface area contributed by atoms with E-state index < -0.39 is 11.4 Å². The van der Waals surface area contributed by atoms with E-state index in [0.29, 0.717) is 24.5 Å². The van der Waals surface area contributed by atoms with Crippen LogP contribution in [0.15, 0.2) is 10.6 Å². The van der Waals surface area contributed by atoms with Crippen LogP contribution < -0.4 is 0 Å². The molecule has 0 amide bonds. The molecule has 0 saturated carbocycles. The van der Waals surface area contributed by atoms with Crippen LogP contribution in [0.25, 0.3) is 0 Å². The minimum absolute atomic E-state index is 0.545. The number of carboxylic acid groups (broad SMARTS) is 1. The molecule has 1 saturated heterocycles. The third-order valence-corrected chi connectivity index (χ3v) is 3.71. The first-order valence-corrected chi connectivity index (χ1v) is 6.26. The highest BCUT2D eigenvalue weighted by Gasteiger charge is 2.43. The summed E-state index contributed by atoms with van der Waals surface area (Å²) in [5.74, 6) is -0.692. The maximum Gasteiger partial charge on any atom is 0.310 e. The molecule has 0 aromatic rings. The van der Waals surface area contributed by atoms with E-state index in [1.54, 1.807) is 0 Å². The zero-order valence-corrected chi connectivity index (χ0v) is 10.9. The standard InChI is InChI=1S/C11H17Cl2NO2/c1-2-3-11(10(15)16)4-5-14(8-11)7-9(13)6-12/h6H,2-5,7-8H2,1H3,(H,15,16). The zero-order chi connectivity index (χ0) is 12.2. The SMILES string of the molecule is CCCC1(C(=O)O)CCN(CC(Cl)=CCl)C1. The predicted molar refractivity (Wildman–Crippen MR) is 65.8 cm³/mol. The molecule has 0 aliphatic carbocycles. The second kappa shape index (κ2) is 5.89. The lowest BCUT2D eigenvalue weighted by atomic mass is 9.83. The van der Waals surface area contributed by atoms with Crippen molar-refractivity contribution in [1.29, 1.82) is 0 Å². The summed E-state index contributed by atoms with van der Waals surface area (Å²) < 4.78 is 0. The second-order valence-electron chi connectivity index (χ2n) is 4.35. The smallest absolute Gasteiger partial charge is 0.310 e. The van der Waals surface area contributed by atoms with E-state index in [0.717, 1.165) is 19.4 Å². The minimum Gasteiger partial charge on any atom is -0.481 e. The van der Waals surface area contributed by atoms with Crippen molar-refractivity contribution in [2.75, 3.05) is 19.6 Å². The Hall–Kier alpha value is -0.250. The van der Waals surface area contributed by atoms with Crippen LogP contribution in [-0.4, -0.2) is 35.6 Å². The molecule has 5 heteroatoms. The zero-order valence-electron chi connectivity index (χ0n) is 9.38. The maximum absolute atomic E-state index is 11.3. The van der Waals surface area contributed by atoms with Gasteiger partial charge in [0.2, 0.25) is 0 Å². The van der Waals surface area contributed by atoms with Gasteiger partial charge >= 0.3 is 5.97 Å². The summed E-state index contributed by atoms with van der Waals surface area (Å²) in [6.07, 6.45) is 2.31. The van der Waals surface area contributed by atoms with E-state index in [-0.39, 0.29) is 0 Å². The third-order valence-electron chi connectivity index (χ3n) is 3.11. The molecule has 1 atom stereocenters. The van der Waals surface area contributed by atoms with Gasteiger partial charge in [0.05, 0.1) is 5.41 Å². The van der Waals surface area contributed by atoms with Crippen LogP contribution in [0.2, 0.25) is 0 Å². The molecule has 0 spiro atoms. The molecule has 1 rings (SSSR count). The number of likely N-dealkylation sites (tertiary alicyclic amines) is 1. The Labute approximate surface area is 106 Å². The molecule has 0 aromatic heterocycles. The van der Waals surface area contributed by atoms with Gasteiger partial charge in [0.15, 0.2) is 0 Å². The fraction of sp³-hybridized carbons (Fsp3) is 0.727. The van der Waals surface area contributed by atoms with Crippen molar-refractivity contribution in [3.63, 3.8) is 0 Å². The molecule has 1 aliphatic heterocycles. The highest BCUT2D eigenvalue weighted by molar-refractivity contribution is 6.36. The Bertz CT molecular complexity index is 294. The Morgan fingerprint density at radius 1 is 1.62 bits per heavy atom. The van der Waals surface area contributed by atoms with Crippen LogP contribution in [0.5, 0.6) is 0 Å². The fourth-order valence-corrected chi connectivity index (χ4v) is 2.54. The molecule has 92 valence electrons. The average molecular weight is 266 g/mol. The number of carbonyl (C=O) groups is 1. The second-order valence-corrected chi connectivity index (χ2v) is 5.06. The van der Waals surface area contributed by atoms with Crippen LogP contribution in [0, 0.1) is 5.41 Å². The number of nitrogens with zero attached hydrogens (tertiary/aromatic N) is 1. The van der Waals surface area contributed by atoms with Gasteiger partial charge in [0, 0.05) is 23.7 Å². The van der Waals surface area contributed by atoms with Gasteiger partial charge < -0.3 is 5.11 Å². The minimum atomic E-state index is -0.692.